The van der Waals surface area contributed by atoms with Crippen LogP contribution in [0.5, 0.6) is 0 Å². The van der Waals surface area contributed by atoms with Gasteiger partial charge in [-0.25, -0.2) is 4.79 Å². The lowest BCUT2D eigenvalue weighted by Gasteiger charge is -2.32. The van der Waals surface area contributed by atoms with Gasteiger partial charge in [-0.15, -0.1) is 0 Å². The van der Waals surface area contributed by atoms with Gasteiger partial charge in [-0.05, 0) is 56.6 Å². The van der Waals surface area contributed by atoms with E-state index in [1.807, 2.05) is 18.7 Å². The molecule has 2 rings (SSSR count). The van der Waals surface area contributed by atoms with Crippen LogP contribution < -0.4 is 10.6 Å². The number of likely N-dealkylation sites (tertiary alicyclic amines) is 1. The SMILES string of the molecule is CC(=O)NCCc1ccc(CC2CCN(C(=O)NC(C)C)CC2)cc1. The van der Waals surface area contributed by atoms with E-state index in [1.54, 1.807) is 6.92 Å². The molecule has 1 saturated heterocycles. The van der Waals surface area contributed by atoms with Crippen LogP contribution in [0.4, 0.5) is 4.79 Å². The van der Waals surface area contributed by atoms with E-state index in [0.717, 1.165) is 38.8 Å². The Hall–Kier alpha value is -2.04. The van der Waals surface area contributed by atoms with E-state index in [-0.39, 0.29) is 18.0 Å². The highest BCUT2D eigenvalue weighted by Gasteiger charge is 2.23. The predicted octanol–water partition coefficient (Wildman–Crippen LogP) is 2.74. The number of benzene rings is 1. The second-order valence-corrected chi connectivity index (χ2v) is 7.29. The zero-order chi connectivity index (χ0) is 18.2. The molecule has 3 amide bonds. The molecule has 0 aromatic heterocycles. The van der Waals surface area contributed by atoms with Crippen LogP contribution in [0.15, 0.2) is 24.3 Å². The van der Waals surface area contributed by atoms with Gasteiger partial charge in [0.15, 0.2) is 0 Å². The Morgan fingerprint density at radius 1 is 1.12 bits per heavy atom. The molecule has 1 aliphatic rings. The molecule has 0 aliphatic carbocycles. The predicted molar refractivity (Wildman–Crippen MR) is 100 cm³/mol. The van der Waals surface area contributed by atoms with E-state index in [1.165, 1.54) is 11.1 Å². The van der Waals surface area contributed by atoms with E-state index in [4.69, 9.17) is 0 Å². The summed E-state index contributed by atoms with van der Waals surface area (Å²) in [6.45, 7) is 7.90. The minimum Gasteiger partial charge on any atom is -0.356 e. The van der Waals surface area contributed by atoms with Crippen molar-refractivity contribution < 1.29 is 9.59 Å². The minimum atomic E-state index is 0.0186. The van der Waals surface area contributed by atoms with Crippen LogP contribution in [0, 0.1) is 5.92 Å². The average Bonchev–Trinajstić information content (AvgIpc) is 2.56. The Labute approximate surface area is 151 Å². The maximum Gasteiger partial charge on any atom is 0.317 e. The second kappa shape index (κ2) is 9.44. The number of piperidine rings is 1. The molecular formula is C20H31N3O2. The van der Waals surface area contributed by atoms with Crippen molar-refractivity contribution in [1.82, 2.24) is 15.5 Å². The van der Waals surface area contributed by atoms with Gasteiger partial charge < -0.3 is 15.5 Å². The summed E-state index contributed by atoms with van der Waals surface area (Å²) in [5.41, 5.74) is 2.60. The van der Waals surface area contributed by atoms with Crippen molar-refractivity contribution in [2.24, 2.45) is 5.92 Å². The van der Waals surface area contributed by atoms with Gasteiger partial charge >= 0.3 is 6.03 Å². The Morgan fingerprint density at radius 2 is 1.72 bits per heavy atom. The standard InChI is InChI=1S/C20H31N3O2/c1-15(2)22-20(25)23-12-9-19(10-13-23)14-18-6-4-17(5-7-18)8-11-21-16(3)24/h4-7,15,19H,8-14H2,1-3H3,(H,21,24)(H,22,25). The van der Waals surface area contributed by atoms with Crippen molar-refractivity contribution >= 4 is 11.9 Å². The van der Waals surface area contributed by atoms with Crippen LogP contribution in [-0.4, -0.2) is 42.5 Å². The van der Waals surface area contributed by atoms with Crippen molar-refractivity contribution in [1.29, 1.82) is 0 Å². The summed E-state index contributed by atoms with van der Waals surface area (Å²) in [7, 11) is 0. The molecule has 1 heterocycles. The van der Waals surface area contributed by atoms with Gasteiger partial charge in [-0.1, -0.05) is 24.3 Å². The Morgan fingerprint density at radius 3 is 2.28 bits per heavy atom. The number of rotatable bonds is 6. The number of hydrogen-bond donors (Lipinski definition) is 2. The summed E-state index contributed by atoms with van der Waals surface area (Å²) in [5, 5.41) is 5.79. The number of urea groups is 1. The van der Waals surface area contributed by atoms with E-state index in [0.29, 0.717) is 12.5 Å². The van der Waals surface area contributed by atoms with Gasteiger partial charge in [-0.2, -0.15) is 0 Å². The first-order valence-electron chi connectivity index (χ1n) is 9.31. The fraction of sp³-hybridized carbons (Fsp3) is 0.600. The van der Waals surface area contributed by atoms with Crippen LogP contribution >= 0.6 is 0 Å². The highest BCUT2D eigenvalue weighted by Crippen LogP contribution is 2.22. The van der Waals surface area contributed by atoms with E-state index in [9.17, 15) is 9.59 Å². The average molecular weight is 345 g/mol. The largest absolute Gasteiger partial charge is 0.356 e. The second-order valence-electron chi connectivity index (χ2n) is 7.29. The van der Waals surface area contributed by atoms with Crippen molar-refractivity contribution in [3.8, 4) is 0 Å². The van der Waals surface area contributed by atoms with Crippen LogP contribution in [0.1, 0.15) is 44.7 Å². The zero-order valence-electron chi connectivity index (χ0n) is 15.7. The third kappa shape index (κ3) is 6.77. The third-order valence-corrected chi connectivity index (χ3v) is 4.65. The lowest BCUT2D eigenvalue weighted by atomic mass is 9.90. The molecule has 0 atom stereocenters. The molecule has 1 aromatic rings. The lowest BCUT2D eigenvalue weighted by molar-refractivity contribution is -0.118. The number of amides is 3. The van der Waals surface area contributed by atoms with Crippen LogP contribution in [0.25, 0.3) is 0 Å². The number of nitrogens with one attached hydrogen (secondary N) is 2. The van der Waals surface area contributed by atoms with E-state index < -0.39 is 0 Å². The summed E-state index contributed by atoms with van der Waals surface area (Å²) < 4.78 is 0. The van der Waals surface area contributed by atoms with Gasteiger partial charge in [0.2, 0.25) is 5.91 Å². The summed E-state index contributed by atoms with van der Waals surface area (Å²) in [4.78, 5) is 24.8. The Balaban J connectivity index is 1.74. The Bertz CT molecular complexity index is 561. The quantitative estimate of drug-likeness (QED) is 0.833. The Kier molecular flexibility index (Phi) is 7.29. The van der Waals surface area contributed by atoms with Crippen molar-refractivity contribution in [3.05, 3.63) is 35.4 Å². The van der Waals surface area contributed by atoms with Crippen molar-refractivity contribution in [2.45, 2.75) is 52.5 Å². The number of nitrogens with zero attached hydrogens (tertiary/aromatic N) is 1. The molecule has 5 nitrogen and oxygen atoms in total. The molecule has 0 radical (unpaired) electrons. The first-order valence-corrected chi connectivity index (χ1v) is 9.31. The monoisotopic (exact) mass is 345 g/mol. The molecule has 1 fully saturated rings. The van der Waals surface area contributed by atoms with Crippen molar-refractivity contribution in [3.63, 3.8) is 0 Å². The molecular weight excluding hydrogens is 314 g/mol. The number of carbonyl (C=O) groups is 2. The van der Waals surface area contributed by atoms with Gasteiger partial charge in [0.05, 0.1) is 0 Å². The third-order valence-electron chi connectivity index (χ3n) is 4.65. The van der Waals surface area contributed by atoms with Crippen molar-refractivity contribution in [2.75, 3.05) is 19.6 Å². The molecule has 0 bridgehead atoms. The first-order chi connectivity index (χ1) is 11.9. The van der Waals surface area contributed by atoms with E-state index >= 15 is 0 Å². The van der Waals surface area contributed by atoms with Crippen LogP contribution in [0.3, 0.4) is 0 Å². The molecule has 1 aliphatic heterocycles. The van der Waals surface area contributed by atoms with Gasteiger partial charge in [0.1, 0.15) is 0 Å². The zero-order valence-corrected chi connectivity index (χ0v) is 15.7. The lowest BCUT2D eigenvalue weighted by Crippen LogP contribution is -2.46. The fourth-order valence-electron chi connectivity index (χ4n) is 3.24. The van der Waals surface area contributed by atoms with Crippen LogP contribution in [0.2, 0.25) is 0 Å². The normalized spacial score (nSPS) is 15.3. The highest BCUT2D eigenvalue weighted by molar-refractivity contribution is 5.74. The highest BCUT2D eigenvalue weighted by atomic mass is 16.2. The molecule has 138 valence electrons. The topological polar surface area (TPSA) is 61.4 Å². The van der Waals surface area contributed by atoms with Gasteiger partial charge in [-0.3, -0.25) is 4.79 Å². The van der Waals surface area contributed by atoms with Gasteiger partial charge in [0, 0.05) is 32.6 Å². The molecule has 2 N–H and O–H groups in total. The molecule has 0 spiro atoms. The molecule has 0 saturated carbocycles. The maximum absolute atomic E-state index is 12.0. The number of hydrogen-bond acceptors (Lipinski definition) is 2. The molecule has 5 heteroatoms. The van der Waals surface area contributed by atoms with Gasteiger partial charge in [0.25, 0.3) is 0 Å². The summed E-state index contributed by atoms with van der Waals surface area (Å²) in [6, 6.07) is 8.96. The molecule has 0 unspecified atom stereocenters. The first kappa shape index (κ1) is 19.3. The number of carbonyl (C=O) groups excluding carboxylic acids is 2. The summed E-state index contributed by atoms with van der Waals surface area (Å²) in [5.74, 6) is 0.665. The summed E-state index contributed by atoms with van der Waals surface area (Å²) in [6.07, 6.45) is 4.07. The maximum atomic E-state index is 12.0. The van der Waals surface area contributed by atoms with Crippen LogP contribution in [-0.2, 0) is 17.6 Å². The molecule has 1 aromatic carbocycles. The summed E-state index contributed by atoms with van der Waals surface area (Å²) >= 11 is 0. The minimum absolute atomic E-state index is 0.0186. The molecule has 25 heavy (non-hydrogen) atoms. The fourth-order valence-corrected chi connectivity index (χ4v) is 3.24. The smallest absolute Gasteiger partial charge is 0.317 e. The van der Waals surface area contributed by atoms with E-state index in [2.05, 4.69) is 34.9 Å².